The third-order valence-corrected chi connectivity index (χ3v) is 1.96. The van der Waals surface area contributed by atoms with Crippen LogP contribution < -0.4 is 4.74 Å². The Labute approximate surface area is 101 Å². The second kappa shape index (κ2) is 4.71. The van der Waals surface area contributed by atoms with Gasteiger partial charge in [-0.3, -0.25) is 4.79 Å². The average molecular weight is 290 g/mol. The van der Waals surface area contributed by atoms with Gasteiger partial charge in [-0.05, 0) is 12.1 Å². The molecule has 0 aromatic heterocycles. The minimum Gasteiger partial charge on any atom is -0.428 e. The summed E-state index contributed by atoms with van der Waals surface area (Å²) in [4.78, 5) is 10.3. The molecule has 0 atom stereocenters. The highest BCUT2D eigenvalue weighted by Crippen LogP contribution is 2.47. The molecule has 0 heterocycles. The van der Waals surface area contributed by atoms with E-state index < -0.39 is 24.0 Å². The molecule has 0 N–H and O–H groups in total. The van der Waals surface area contributed by atoms with Gasteiger partial charge in [0.1, 0.15) is 12.0 Å². The van der Waals surface area contributed by atoms with Gasteiger partial charge in [0.15, 0.2) is 0 Å². The number of hydrogen-bond donors (Lipinski definition) is 0. The molecule has 0 fully saturated rings. The number of rotatable bonds is 4. The van der Waals surface area contributed by atoms with Crippen molar-refractivity contribution in [3.8, 4) is 5.75 Å². The van der Waals surface area contributed by atoms with Crippen LogP contribution in [0.2, 0.25) is 0 Å². The number of benzene rings is 1. The van der Waals surface area contributed by atoms with Crippen molar-refractivity contribution in [2.75, 3.05) is 0 Å². The van der Waals surface area contributed by atoms with Crippen LogP contribution in [0.3, 0.4) is 0 Å². The third kappa shape index (κ3) is 2.96. The maximum atomic E-state index is 12.8. The number of hydrogen-bond acceptors (Lipinski definition) is 2. The van der Waals surface area contributed by atoms with Crippen molar-refractivity contribution in [2.45, 2.75) is 18.2 Å². The number of ether oxygens (including phenoxy) is 1. The van der Waals surface area contributed by atoms with Crippen LogP contribution in [0.25, 0.3) is 0 Å². The normalized spacial score (nSPS) is 13.2. The third-order valence-electron chi connectivity index (χ3n) is 1.96. The Morgan fingerprint density at radius 1 is 1.00 bits per heavy atom. The number of carbonyl (C=O) groups excluding carboxylic acids is 1. The zero-order valence-electron chi connectivity index (χ0n) is 8.85. The van der Waals surface area contributed by atoms with E-state index in [1.807, 2.05) is 0 Å². The van der Waals surface area contributed by atoms with Crippen LogP contribution in [0.4, 0.5) is 30.7 Å². The predicted molar refractivity (Wildman–Crippen MR) is 48.4 cm³/mol. The smallest absolute Gasteiger partial charge is 0.428 e. The van der Waals surface area contributed by atoms with Crippen molar-refractivity contribution in [2.24, 2.45) is 0 Å². The van der Waals surface area contributed by atoms with Gasteiger partial charge in [-0.2, -0.15) is 30.7 Å². The van der Waals surface area contributed by atoms with E-state index in [1.54, 1.807) is 0 Å². The molecule has 0 radical (unpaired) electrons. The zero-order valence-corrected chi connectivity index (χ0v) is 8.85. The molecule has 0 saturated carbocycles. The van der Waals surface area contributed by atoms with Gasteiger partial charge in [0, 0.05) is 5.56 Å². The van der Waals surface area contributed by atoms with Crippen molar-refractivity contribution in [1.29, 1.82) is 0 Å². The lowest BCUT2D eigenvalue weighted by molar-refractivity contribution is -0.402. The highest BCUT2D eigenvalue weighted by molar-refractivity contribution is 5.75. The Balaban J connectivity index is 3.05. The van der Waals surface area contributed by atoms with E-state index in [2.05, 4.69) is 4.74 Å². The standard InChI is InChI=1S/C10H5F7O2/c11-8(12,9(13,14)15)10(16,17)19-7-3-1-2-6(4-7)5-18/h1-5H. The lowest BCUT2D eigenvalue weighted by Gasteiger charge is -2.27. The number of halogens is 7. The largest absolute Gasteiger partial charge is 0.474 e. The van der Waals surface area contributed by atoms with E-state index in [1.165, 1.54) is 0 Å². The molecule has 0 aliphatic heterocycles. The van der Waals surface area contributed by atoms with Crippen LogP contribution in [0.5, 0.6) is 5.75 Å². The van der Waals surface area contributed by atoms with Gasteiger partial charge >= 0.3 is 18.2 Å². The summed E-state index contributed by atoms with van der Waals surface area (Å²) in [6.07, 6.45) is -12.1. The summed E-state index contributed by atoms with van der Waals surface area (Å²) in [5.41, 5.74) is -0.219. The lowest BCUT2D eigenvalue weighted by Crippen LogP contribution is -2.55. The minimum absolute atomic E-state index is 0.187. The van der Waals surface area contributed by atoms with Crippen molar-refractivity contribution in [3.05, 3.63) is 29.8 Å². The number of carbonyl (C=O) groups is 1. The van der Waals surface area contributed by atoms with Crippen LogP contribution in [0, 0.1) is 0 Å². The Kier molecular flexibility index (Phi) is 3.78. The Hall–Kier alpha value is -1.80. The van der Waals surface area contributed by atoms with E-state index in [4.69, 9.17) is 0 Å². The second-order valence-electron chi connectivity index (χ2n) is 3.38. The summed E-state index contributed by atoms with van der Waals surface area (Å²) in [5, 5.41) is 0. The van der Waals surface area contributed by atoms with Gasteiger partial charge in [0.05, 0.1) is 0 Å². The van der Waals surface area contributed by atoms with Crippen LogP contribution >= 0.6 is 0 Å². The summed E-state index contributed by atoms with van der Waals surface area (Å²) in [6.45, 7) is 0. The van der Waals surface area contributed by atoms with Gasteiger partial charge in [-0.15, -0.1) is 0 Å². The molecule has 1 aromatic carbocycles. The second-order valence-corrected chi connectivity index (χ2v) is 3.38. The van der Waals surface area contributed by atoms with Crippen LogP contribution in [0.1, 0.15) is 10.4 Å². The fourth-order valence-corrected chi connectivity index (χ4v) is 1.03. The Morgan fingerprint density at radius 2 is 1.58 bits per heavy atom. The molecule has 0 aliphatic carbocycles. The molecule has 106 valence electrons. The highest BCUT2D eigenvalue weighted by Gasteiger charge is 2.75. The van der Waals surface area contributed by atoms with Gasteiger partial charge in [-0.25, -0.2) is 0 Å². The van der Waals surface area contributed by atoms with Crippen LogP contribution in [-0.2, 0) is 0 Å². The minimum atomic E-state index is -6.47. The zero-order chi connectivity index (χ0) is 14.9. The Bertz CT molecular complexity index is 467. The first-order valence-corrected chi connectivity index (χ1v) is 4.58. The summed E-state index contributed by atoms with van der Waals surface area (Å²) in [7, 11) is 0. The molecule has 0 unspecified atom stereocenters. The van der Waals surface area contributed by atoms with Gasteiger partial charge < -0.3 is 4.74 Å². The number of alkyl halides is 7. The monoisotopic (exact) mass is 290 g/mol. The van der Waals surface area contributed by atoms with Gasteiger partial charge in [0.25, 0.3) is 0 Å². The summed E-state index contributed by atoms with van der Waals surface area (Å²) >= 11 is 0. The molecule has 1 aromatic rings. The molecule has 0 spiro atoms. The first-order valence-electron chi connectivity index (χ1n) is 4.58. The first-order chi connectivity index (χ1) is 8.51. The molecule has 19 heavy (non-hydrogen) atoms. The predicted octanol–water partition coefficient (Wildman–Crippen LogP) is 3.67. The lowest BCUT2D eigenvalue weighted by atomic mass is 10.2. The first kappa shape index (κ1) is 15.3. The van der Waals surface area contributed by atoms with E-state index >= 15 is 0 Å². The molecule has 0 amide bonds. The molecule has 1 rings (SSSR count). The average Bonchev–Trinajstić information content (AvgIpc) is 2.27. The maximum Gasteiger partial charge on any atom is 0.474 e. The molecule has 2 nitrogen and oxygen atoms in total. The van der Waals surface area contributed by atoms with E-state index in [0.29, 0.717) is 12.1 Å². The Morgan fingerprint density at radius 3 is 2.05 bits per heavy atom. The van der Waals surface area contributed by atoms with Crippen molar-refractivity contribution >= 4 is 6.29 Å². The van der Waals surface area contributed by atoms with Crippen LogP contribution in [0.15, 0.2) is 24.3 Å². The highest BCUT2D eigenvalue weighted by atomic mass is 19.4. The SMILES string of the molecule is O=Cc1cccc(OC(F)(F)C(F)(F)C(F)(F)F)c1. The molecule has 9 heteroatoms. The van der Waals surface area contributed by atoms with Crippen molar-refractivity contribution in [1.82, 2.24) is 0 Å². The van der Waals surface area contributed by atoms with Crippen LogP contribution in [-0.4, -0.2) is 24.5 Å². The molecule has 0 bridgehead atoms. The topological polar surface area (TPSA) is 26.3 Å². The molecule has 0 saturated heterocycles. The fraction of sp³-hybridized carbons (Fsp3) is 0.300. The van der Waals surface area contributed by atoms with Gasteiger partial charge in [0.2, 0.25) is 0 Å². The van der Waals surface area contributed by atoms with E-state index in [-0.39, 0.29) is 11.8 Å². The van der Waals surface area contributed by atoms with Gasteiger partial charge in [-0.1, -0.05) is 12.1 Å². The molecule has 0 aliphatic rings. The molecular weight excluding hydrogens is 285 g/mol. The maximum absolute atomic E-state index is 12.8. The summed E-state index contributed by atoms with van der Waals surface area (Å²) in [5.74, 6) is -7.35. The van der Waals surface area contributed by atoms with Crippen molar-refractivity contribution in [3.63, 3.8) is 0 Å². The fourth-order valence-electron chi connectivity index (χ4n) is 1.03. The summed E-state index contributed by atoms with van der Waals surface area (Å²) < 4.78 is 89.5. The summed E-state index contributed by atoms with van der Waals surface area (Å²) in [6, 6.07) is 3.43. The van der Waals surface area contributed by atoms with Crippen molar-refractivity contribution < 1.29 is 40.3 Å². The van der Waals surface area contributed by atoms with E-state index in [9.17, 15) is 35.5 Å². The van der Waals surface area contributed by atoms with E-state index in [0.717, 1.165) is 12.1 Å². The number of aldehydes is 1. The molecular formula is C10H5F7O2. The quantitative estimate of drug-likeness (QED) is 0.624.